The van der Waals surface area contributed by atoms with E-state index >= 15 is 0 Å². The van der Waals surface area contributed by atoms with Crippen molar-refractivity contribution in [2.24, 2.45) is 5.92 Å². The second-order valence-corrected chi connectivity index (χ2v) is 6.37. The Balaban J connectivity index is 2.03. The van der Waals surface area contributed by atoms with Crippen molar-refractivity contribution < 1.29 is 14.2 Å². The number of benzene rings is 1. The Morgan fingerprint density at radius 3 is 2.04 bits per heavy atom. The molecule has 1 saturated carbocycles. The summed E-state index contributed by atoms with van der Waals surface area (Å²) >= 11 is 0. The summed E-state index contributed by atoms with van der Waals surface area (Å²) in [5, 5.41) is 3.45. The maximum atomic E-state index is 5.72. The molecule has 1 aliphatic heterocycles. The van der Waals surface area contributed by atoms with Crippen LogP contribution in [0.25, 0.3) is 0 Å². The van der Waals surface area contributed by atoms with E-state index in [0.29, 0.717) is 12.0 Å². The zero-order chi connectivity index (χ0) is 16.2. The lowest BCUT2D eigenvalue weighted by molar-refractivity contribution is 0.0798. The van der Waals surface area contributed by atoms with Crippen LogP contribution in [-0.2, 0) is 0 Å². The van der Waals surface area contributed by atoms with Crippen LogP contribution in [0.2, 0.25) is 0 Å². The summed E-state index contributed by atoms with van der Waals surface area (Å²) in [5.74, 6) is 3.20. The smallest absolute Gasteiger partial charge is 0.131 e. The predicted molar refractivity (Wildman–Crippen MR) is 90.6 cm³/mol. The minimum atomic E-state index is 0.363. The lowest BCUT2D eigenvalue weighted by atomic mass is 9.75. The van der Waals surface area contributed by atoms with E-state index in [2.05, 4.69) is 10.2 Å². The van der Waals surface area contributed by atoms with Crippen molar-refractivity contribution in [2.45, 2.75) is 25.3 Å². The van der Waals surface area contributed by atoms with Gasteiger partial charge in [-0.05, 0) is 18.8 Å². The van der Waals surface area contributed by atoms with Crippen molar-refractivity contribution in [1.29, 1.82) is 0 Å². The minimum absolute atomic E-state index is 0.363. The topological polar surface area (TPSA) is 43.0 Å². The molecule has 0 bridgehead atoms. The van der Waals surface area contributed by atoms with Crippen molar-refractivity contribution in [3.05, 3.63) is 17.7 Å². The van der Waals surface area contributed by atoms with E-state index in [0.717, 1.165) is 43.4 Å². The molecule has 1 aliphatic carbocycles. The second kappa shape index (κ2) is 7.41. The highest BCUT2D eigenvalue weighted by atomic mass is 16.5. The Morgan fingerprint density at radius 2 is 1.61 bits per heavy atom. The molecule has 23 heavy (non-hydrogen) atoms. The predicted octanol–water partition coefficient (Wildman–Crippen LogP) is 2.46. The van der Waals surface area contributed by atoms with Gasteiger partial charge >= 0.3 is 0 Å². The Morgan fingerprint density at radius 1 is 1.00 bits per heavy atom. The number of nitrogens with one attached hydrogen (secondary N) is 1. The number of piperazine rings is 1. The molecule has 128 valence electrons. The fraction of sp³-hybridized carbons (Fsp3) is 0.667. The lowest BCUT2D eigenvalue weighted by Gasteiger charge is -2.44. The van der Waals surface area contributed by atoms with Crippen molar-refractivity contribution in [3.8, 4) is 17.2 Å². The fourth-order valence-electron chi connectivity index (χ4n) is 3.76. The first-order valence-electron chi connectivity index (χ1n) is 8.53. The number of hydrogen-bond acceptors (Lipinski definition) is 5. The van der Waals surface area contributed by atoms with E-state index in [1.165, 1.54) is 24.8 Å². The van der Waals surface area contributed by atoms with Gasteiger partial charge in [0, 0.05) is 44.4 Å². The minimum Gasteiger partial charge on any atom is -0.496 e. The van der Waals surface area contributed by atoms with Gasteiger partial charge in [-0.2, -0.15) is 0 Å². The molecule has 0 radical (unpaired) electrons. The third kappa shape index (κ3) is 3.26. The number of nitrogens with zero attached hydrogens (tertiary/aromatic N) is 1. The third-order valence-corrected chi connectivity index (χ3v) is 5.19. The maximum Gasteiger partial charge on any atom is 0.131 e. The van der Waals surface area contributed by atoms with Gasteiger partial charge in [-0.25, -0.2) is 0 Å². The molecule has 1 saturated heterocycles. The summed E-state index contributed by atoms with van der Waals surface area (Å²) < 4.78 is 16.8. The zero-order valence-electron chi connectivity index (χ0n) is 14.4. The molecule has 1 aromatic carbocycles. The van der Waals surface area contributed by atoms with Gasteiger partial charge in [0.2, 0.25) is 0 Å². The molecule has 3 rings (SSSR count). The van der Waals surface area contributed by atoms with Crippen molar-refractivity contribution in [2.75, 3.05) is 47.5 Å². The quantitative estimate of drug-likeness (QED) is 0.872. The standard InChI is InChI=1S/C18H28N2O3/c1-21-14-11-15(22-2)17(16(12-14)23-3)18(13-5-4-6-13)20-9-7-19-8-10-20/h11-13,18-19H,4-10H2,1-3H3/t18-/m1/s1. The molecule has 5 heteroatoms. The summed E-state index contributed by atoms with van der Waals surface area (Å²) in [7, 11) is 5.13. The first-order valence-corrected chi connectivity index (χ1v) is 8.53. The van der Waals surface area contributed by atoms with Gasteiger partial charge in [-0.3, -0.25) is 4.90 Å². The molecule has 0 aromatic heterocycles. The van der Waals surface area contributed by atoms with E-state index in [-0.39, 0.29) is 0 Å². The van der Waals surface area contributed by atoms with Crippen LogP contribution in [0.15, 0.2) is 12.1 Å². The molecule has 5 nitrogen and oxygen atoms in total. The van der Waals surface area contributed by atoms with E-state index in [9.17, 15) is 0 Å². The van der Waals surface area contributed by atoms with Crippen LogP contribution in [0.5, 0.6) is 17.2 Å². The number of methoxy groups -OCH3 is 3. The van der Waals surface area contributed by atoms with E-state index < -0.39 is 0 Å². The molecule has 1 heterocycles. The SMILES string of the molecule is COc1cc(OC)c([C@@H](C2CCC2)N2CCNCC2)c(OC)c1. The Bertz CT molecular complexity index is 500. The monoisotopic (exact) mass is 320 g/mol. The molecular formula is C18H28N2O3. The molecule has 0 unspecified atom stereocenters. The Labute approximate surface area is 138 Å². The zero-order valence-corrected chi connectivity index (χ0v) is 14.4. The lowest BCUT2D eigenvalue weighted by Crippen LogP contribution is -2.48. The average molecular weight is 320 g/mol. The molecule has 1 aromatic rings. The van der Waals surface area contributed by atoms with Gasteiger partial charge in [0.05, 0.1) is 26.9 Å². The first-order chi connectivity index (χ1) is 11.3. The van der Waals surface area contributed by atoms with Gasteiger partial charge in [-0.15, -0.1) is 0 Å². The van der Waals surface area contributed by atoms with Crippen LogP contribution in [0.3, 0.4) is 0 Å². The first kappa shape index (κ1) is 16.4. The molecule has 0 amide bonds. The van der Waals surface area contributed by atoms with Gasteiger partial charge < -0.3 is 19.5 Å². The van der Waals surface area contributed by atoms with Crippen LogP contribution in [0.4, 0.5) is 0 Å². The van der Waals surface area contributed by atoms with Gasteiger partial charge in [0.1, 0.15) is 17.2 Å². The van der Waals surface area contributed by atoms with Crippen molar-refractivity contribution in [3.63, 3.8) is 0 Å². The number of rotatable bonds is 6. The number of ether oxygens (including phenoxy) is 3. The summed E-state index contributed by atoms with van der Waals surface area (Å²) in [4.78, 5) is 2.59. The molecule has 1 N–H and O–H groups in total. The van der Waals surface area contributed by atoms with Crippen LogP contribution >= 0.6 is 0 Å². The highest BCUT2D eigenvalue weighted by molar-refractivity contribution is 5.52. The highest BCUT2D eigenvalue weighted by Gasteiger charge is 2.37. The van der Waals surface area contributed by atoms with Crippen molar-refractivity contribution >= 4 is 0 Å². The van der Waals surface area contributed by atoms with Crippen LogP contribution in [0.1, 0.15) is 30.9 Å². The summed E-state index contributed by atoms with van der Waals surface area (Å²) in [6.07, 6.45) is 3.90. The average Bonchev–Trinajstić information content (AvgIpc) is 2.57. The van der Waals surface area contributed by atoms with Crippen LogP contribution in [0, 0.1) is 5.92 Å². The highest BCUT2D eigenvalue weighted by Crippen LogP contribution is 2.48. The molecule has 2 aliphatic rings. The van der Waals surface area contributed by atoms with Crippen LogP contribution in [-0.4, -0.2) is 52.4 Å². The Hall–Kier alpha value is -1.46. The van der Waals surface area contributed by atoms with Gasteiger partial charge in [0.25, 0.3) is 0 Å². The normalized spacial score (nSPS) is 20.7. The summed E-state index contributed by atoms with van der Waals surface area (Å²) in [5.41, 5.74) is 1.18. The molecular weight excluding hydrogens is 292 g/mol. The van der Waals surface area contributed by atoms with E-state index in [1.54, 1.807) is 21.3 Å². The molecule has 0 spiro atoms. The second-order valence-electron chi connectivity index (χ2n) is 6.37. The molecule has 1 atom stereocenters. The third-order valence-electron chi connectivity index (χ3n) is 5.19. The van der Waals surface area contributed by atoms with Crippen LogP contribution < -0.4 is 19.5 Å². The largest absolute Gasteiger partial charge is 0.496 e. The van der Waals surface area contributed by atoms with E-state index in [1.807, 2.05) is 12.1 Å². The van der Waals surface area contributed by atoms with Crippen molar-refractivity contribution in [1.82, 2.24) is 10.2 Å². The molecule has 2 fully saturated rings. The summed E-state index contributed by atoms with van der Waals surface area (Å²) in [6.45, 7) is 4.23. The van der Waals surface area contributed by atoms with E-state index in [4.69, 9.17) is 14.2 Å². The van der Waals surface area contributed by atoms with Gasteiger partial charge in [0.15, 0.2) is 0 Å². The fourth-order valence-corrected chi connectivity index (χ4v) is 3.76. The van der Waals surface area contributed by atoms with Gasteiger partial charge in [-0.1, -0.05) is 6.42 Å². The number of hydrogen-bond donors (Lipinski definition) is 1. The Kier molecular flexibility index (Phi) is 5.28. The summed E-state index contributed by atoms with van der Waals surface area (Å²) in [6, 6.07) is 4.32. The maximum absolute atomic E-state index is 5.72.